The van der Waals surface area contributed by atoms with Crippen LogP contribution in [0.15, 0.2) is 23.0 Å². The van der Waals surface area contributed by atoms with E-state index in [2.05, 4.69) is 10.3 Å². The van der Waals surface area contributed by atoms with Crippen LogP contribution in [-0.4, -0.2) is 83.1 Å². The standard InChI is InChI=1S/C27H35FN4O7/c1-6-38-26(37)32-11-9-31(10-12-32)25(36)19(7-8-23(34)39-27(3,4)5)30-24(35)21-15-22(33)17-14-18(28)16(2)13-20(17)29-21/h13-15,19H,6-12H2,1-5H3,(H,29,33)(H,30,35)/t19-/m0/s1. The first-order valence-corrected chi connectivity index (χ1v) is 12.9. The molecule has 12 heteroatoms. The van der Waals surface area contributed by atoms with Crippen molar-refractivity contribution in [2.24, 2.45) is 0 Å². The van der Waals surface area contributed by atoms with E-state index in [1.165, 1.54) is 22.8 Å². The van der Waals surface area contributed by atoms with E-state index in [4.69, 9.17) is 9.47 Å². The minimum absolute atomic E-state index is 0.0420. The molecule has 0 saturated carbocycles. The molecule has 1 saturated heterocycles. The summed E-state index contributed by atoms with van der Waals surface area (Å²) in [6, 6.07) is 2.47. The highest BCUT2D eigenvalue weighted by Gasteiger charge is 2.31. The maximum Gasteiger partial charge on any atom is 0.409 e. The summed E-state index contributed by atoms with van der Waals surface area (Å²) in [5.41, 5.74) is -0.813. The van der Waals surface area contributed by atoms with Crippen LogP contribution in [0, 0.1) is 12.7 Å². The number of halogens is 1. The van der Waals surface area contributed by atoms with E-state index in [9.17, 15) is 28.4 Å². The largest absolute Gasteiger partial charge is 0.460 e. The molecule has 11 nitrogen and oxygen atoms in total. The number of hydrogen-bond donors (Lipinski definition) is 2. The number of rotatable bonds is 7. The van der Waals surface area contributed by atoms with E-state index < -0.39 is 46.8 Å². The first kappa shape index (κ1) is 29.6. The molecule has 1 aromatic heterocycles. The van der Waals surface area contributed by atoms with Gasteiger partial charge in [0, 0.05) is 44.1 Å². The first-order chi connectivity index (χ1) is 18.3. The Balaban J connectivity index is 1.79. The molecule has 2 aromatic rings. The number of hydrogen-bond acceptors (Lipinski definition) is 7. The molecule has 0 bridgehead atoms. The highest BCUT2D eigenvalue weighted by molar-refractivity contribution is 5.98. The van der Waals surface area contributed by atoms with Gasteiger partial charge in [0.05, 0.1) is 12.1 Å². The van der Waals surface area contributed by atoms with Crippen molar-refractivity contribution in [1.82, 2.24) is 20.1 Å². The van der Waals surface area contributed by atoms with Crippen LogP contribution in [0.4, 0.5) is 9.18 Å². The summed E-state index contributed by atoms with van der Waals surface area (Å²) in [5, 5.41) is 2.72. The molecule has 1 aromatic carbocycles. The van der Waals surface area contributed by atoms with Crippen LogP contribution >= 0.6 is 0 Å². The third kappa shape index (κ3) is 7.78. The molecule has 1 atom stereocenters. The summed E-state index contributed by atoms with van der Waals surface area (Å²) in [7, 11) is 0. The molecule has 1 aliphatic heterocycles. The number of pyridine rings is 1. The molecule has 1 fully saturated rings. The Hall–Kier alpha value is -3.96. The lowest BCUT2D eigenvalue weighted by molar-refractivity contribution is -0.155. The zero-order chi connectivity index (χ0) is 28.9. The van der Waals surface area contributed by atoms with Gasteiger partial charge >= 0.3 is 12.1 Å². The van der Waals surface area contributed by atoms with Crippen molar-refractivity contribution >= 4 is 34.8 Å². The van der Waals surface area contributed by atoms with Gasteiger partial charge in [0.15, 0.2) is 5.43 Å². The minimum Gasteiger partial charge on any atom is -0.460 e. The lowest BCUT2D eigenvalue weighted by atomic mass is 10.1. The molecule has 1 aliphatic rings. The van der Waals surface area contributed by atoms with Gasteiger partial charge in [-0.2, -0.15) is 0 Å². The van der Waals surface area contributed by atoms with Gasteiger partial charge in [0.2, 0.25) is 5.91 Å². The number of carbonyl (C=O) groups excluding carboxylic acids is 4. The second-order valence-electron chi connectivity index (χ2n) is 10.4. The van der Waals surface area contributed by atoms with E-state index >= 15 is 0 Å². The lowest BCUT2D eigenvalue weighted by Crippen LogP contribution is -2.56. The van der Waals surface area contributed by atoms with Crippen molar-refractivity contribution < 1.29 is 33.0 Å². The van der Waals surface area contributed by atoms with Crippen LogP contribution in [0.1, 0.15) is 56.6 Å². The summed E-state index contributed by atoms with van der Waals surface area (Å²) < 4.78 is 24.3. The molecule has 39 heavy (non-hydrogen) atoms. The number of amides is 3. The molecule has 212 valence electrons. The lowest BCUT2D eigenvalue weighted by Gasteiger charge is -2.36. The molecular weight excluding hydrogens is 511 g/mol. The van der Waals surface area contributed by atoms with E-state index in [0.717, 1.165) is 12.1 Å². The SMILES string of the molecule is CCOC(=O)N1CCN(C(=O)[C@H](CCC(=O)OC(C)(C)C)NC(=O)c2cc(=O)c3cc(F)c(C)cc3[nH]2)CC1. The van der Waals surface area contributed by atoms with Crippen molar-refractivity contribution in [1.29, 1.82) is 0 Å². The van der Waals surface area contributed by atoms with Gasteiger partial charge in [-0.3, -0.25) is 19.2 Å². The fourth-order valence-corrected chi connectivity index (χ4v) is 4.19. The Morgan fingerprint density at radius 1 is 1.08 bits per heavy atom. The van der Waals surface area contributed by atoms with Crippen LogP contribution in [0.3, 0.4) is 0 Å². The molecule has 2 heterocycles. The predicted molar refractivity (Wildman–Crippen MR) is 141 cm³/mol. The summed E-state index contributed by atoms with van der Waals surface area (Å²) >= 11 is 0. The zero-order valence-corrected chi connectivity index (χ0v) is 22.9. The van der Waals surface area contributed by atoms with E-state index in [0.29, 0.717) is 5.56 Å². The van der Waals surface area contributed by atoms with Crippen molar-refractivity contribution in [3.63, 3.8) is 0 Å². The molecule has 3 amide bonds. The van der Waals surface area contributed by atoms with Gasteiger partial charge in [-0.1, -0.05) is 0 Å². The predicted octanol–water partition coefficient (Wildman–Crippen LogP) is 2.50. The van der Waals surface area contributed by atoms with Crippen molar-refractivity contribution in [2.45, 2.75) is 59.1 Å². The number of carbonyl (C=O) groups is 4. The summed E-state index contributed by atoms with van der Waals surface area (Å²) in [6.45, 7) is 9.59. The van der Waals surface area contributed by atoms with Crippen LogP contribution in [0.5, 0.6) is 0 Å². The Morgan fingerprint density at radius 3 is 2.33 bits per heavy atom. The number of nitrogens with zero attached hydrogens (tertiary/aromatic N) is 2. The number of piperazine rings is 1. The highest BCUT2D eigenvalue weighted by Crippen LogP contribution is 2.16. The fraction of sp³-hybridized carbons (Fsp3) is 0.519. The Labute approximate surface area is 225 Å². The number of ether oxygens (including phenoxy) is 2. The maximum absolute atomic E-state index is 13.9. The Bertz CT molecular complexity index is 1310. The van der Waals surface area contributed by atoms with Crippen molar-refractivity contribution in [3.05, 3.63) is 45.5 Å². The van der Waals surface area contributed by atoms with Crippen LogP contribution in [-0.2, 0) is 19.1 Å². The average Bonchev–Trinajstić information content (AvgIpc) is 2.86. The second kappa shape index (κ2) is 12.3. The summed E-state index contributed by atoms with van der Waals surface area (Å²) in [5.74, 6) is -2.24. The number of esters is 1. The summed E-state index contributed by atoms with van der Waals surface area (Å²) in [6.07, 6.45) is -0.641. The average molecular weight is 547 g/mol. The normalized spacial score (nSPS) is 14.6. The van der Waals surface area contributed by atoms with Gasteiger partial charge in [-0.05, 0) is 58.7 Å². The topological polar surface area (TPSA) is 138 Å². The number of H-pyrrole nitrogens is 1. The quantitative estimate of drug-likeness (QED) is 0.509. The fourth-order valence-electron chi connectivity index (χ4n) is 4.19. The molecule has 3 rings (SSSR count). The van der Waals surface area contributed by atoms with E-state index in [1.807, 2.05) is 0 Å². The van der Waals surface area contributed by atoms with E-state index in [1.54, 1.807) is 27.7 Å². The number of aromatic amines is 1. The molecular formula is C27H35FN4O7. The van der Waals surface area contributed by atoms with Crippen LogP contribution < -0.4 is 10.7 Å². The van der Waals surface area contributed by atoms with Crippen molar-refractivity contribution in [2.75, 3.05) is 32.8 Å². The smallest absolute Gasteiger partial charge is 0.409 e. The van der Waals surface area contributed by atoms with Gasteiger partial charge in [0.25, 0.3) is 5.91 Å². The second-order valence-corrected chi connectivity index (χ2v) is 10.4. The van der Waals surface area contributed by atoms with Gasteiger partial charge in [-0.25, -0.2) is 9.18 Å². The Morgan fingerprint density at radius 2 is 1.72 bits per heavy atom. The first-order valence-electron chi connectivity index (χ1n) is 12.9. The molecule has 0 spiro atoms. The number of aromatic nitrogens is 1. The third-order valence-electron chi connectivity index (χ3n) is 6.13. The molecule has 2 N–H and O–H groups in total. The monoisotopic (exact) mass is 546 g/mol. The van der Waals surface area contributed by atoms with Gasteiger partial charge in [0.1, 0.15) is 23.2 Å². The van der Waals surface area contributed by atoms with Gasteiger partial charge in [-0.15, -0.1) is 0 Å². The molecule has 0 radical (unpaired) electrons. The number of nitrogens with one attached hydrogen (secondary N) is 2. The molecule has 0 aliphatic carbocycles. The summed E-state index contributed by atoms with van der Waals surface area (Å²) in [4.78, 5) is 69.4. The van der Waals surface area contributed by atoms with Gasteiger partial charge < -0.3 is 29.6 Å². The third-order valence-corrected chi connectivity index (χ3v) is 6.13. The van der Waals surface area contributed by atoms with Crippen molar-refractivity contribution in [3.8, 4) is 0 Å². The molecule has 0 unspecified atom stereocenters. The zero-order valence-electron chi connectivity index (χ0n) is 22.9. The van der Waals surface area contributed by atoms with Crippen LogP contribution in [0.25, 0.3) is 10.9 Å². The number of aryl methyl sites for hydroxylation is 1. The number of fused-ring (bicyclic) bond motifs is 1. The van der Waals surface area contributed by atoms with Crippen LogP contribution in [0.2, 0.25) is 0 Å². The van der Waals surface area contributed by atoms with E-state index in [-0.39, 0.29) is 62.2 Å². The minimum atomic E-state index is -1.10. The Kier molecular flexibility index (Phi) is 9.31. The number of benzene rings is 1. The maximum atomic E-state index is 13.9. The highest BCUT2D eigenvalue weighted by atomic mass is 19.1.